The van der Waals surface area contributed by atoms with E-state index >= 15 is 0 Å². The van der Waals surface area contributed by atoms with E-state index in [1.165, 1.54) is 0 Å². The fourth-order valence-electron chi connectivity index (χ4n) is 3.91. The summed E-state index contributed by atoms with van der Waals surface area (Å²) in [6.45, 7) is 0.490. The van der Waals surface area contributed by atoms with Gasteiger partial charge in [-0.05, 0) is 45.7 Å². The summed E-state index contributed by atoms with van der Waals surface area (Å²) in [6, 6.07) is 15.7. The number of nitrogens with zero attached hydrogens (tertiary/aromatic N) is 1. The molecular formula is C25H26N2O5. The third-order valence-corrected chi connectivity index (χ3v) is 5.74. The summed E-state index contributed by atoms with van der Waals surface area (Å²) in [7, 11) is 6.36. The van der Waals surface area contributed by atoms with Crippen molar-refractivity contribution in [3.8, 4) is 28.4 Å². The van der Waals surface area contributed by atoms with Crippen LogP contribution in [0.1, 0.15) is 5.56 Å². The van der Waals surface area contributed by atoms with E-state index in [9.17, 15) is 9.59 Å². The number of amides is 2. The predicted molar refractivity (Wildman–Crippen MR) is 122 cm³/mol. The summed E-state index contributed by atoms with van der Waals surface area (Å²) in [5, 5.41) is 4.68. The molecule has 0 aliphatic carbocycles. The lowest BCUT2D eigenvalue weighted by atomic mass is 9.98. The molecule has 0 saturated carbocycles. The molecule has 0 bridgehead atoms. The van der Waals surface area contributed by atoms with Crippen LogP contribution < -0.4 is 19.5 Å². The van der Waals surface area contributed by atoms with Crippen LogP contribution >= 0.6 is 0 Å². The first-order valence-electron chi connectivity index (χ1n) is 10.3. The molecule has 3 aromatic carbocycles. The minimum Gasteiger partial charge on any atom is -0.493 e. The number of likely N-dealkylation sites (N-methyl/N-ethyl adjacent to an activating group) is 1. The standard InChI is InChI=1S/C25H26N2O5/c1-26-25(29)20-14-27(20)23(28)10-15-5-6-17-11-18(8-7-16(17)9-15)19-12-21(30-2)24(32-4)22(13-19)31-3/h5-9,11-13,20H,10,14H2,1-4H3,(H,26,29). The van der Waals surface area contributed by atoms with Crippen molar-refractivity contribution in [1.29, 1.82) is 0 Å². The molecule has 166 valence electrons. The van der Waals surface area contributed by atoms with E-state index in [1.807, 2.05) is 42.5 Å². The van der Waals surface area contributed by atoms with Gasteiger partial charge in [-0.1, -0.05) is 30.3 Å². The van der Waals surface area contributed by atoms with Gasteiger partial charge < -0.3 is 24.4 Å². The maximum absolute atomic E-state index is 12.5. The summed E-state index contributed by atoms with van der Waals surface area (Å²) in [4.78, 5) is 25.7. The number of hydrogen-bond acceptors (Lipinski definition) is 5. The normalized spacial score (nSPS) is 14.8. The van der Waals surface area contributed by atoms with Gasteiger partial charge in [0.25, 0.3) is 0 Å². The Labute approximate surface area is 186 Å². The summed E-state index contributed by atoms with van der Waals surface area (Å²) < 4.78 is 16.3. The van der Waals surface area contributed by atoms with Crippen molar-refractivity contribution in [2.24, 2.45) is 0 Å². The maximum atomic E-state index is 12.5. The second-order valence-electron chi connectivity index (χ2n) is 7.66. The van der Waals surface area contributed by atoms with E-state index in [1.54, 1.807) is 33.3 Å². The van der Waals surface area contributed by atoms with Crippen molar-refractivity contribution < 1.29 is 23.8 Å². The van der Waals surface area contributed by atoms with Gasteiger partial charge in [0.05, 0.1) is 34.3 Å². The van der Waals surface area contributed by atoms with Gasteiger partial charge in [0.2, 0.25) is 17.6 Å². The number of carbonyl (C=O) groups is 2. The molecule has 0 spiro atoms. The largest absolute Gasteiger partial charge is 0.493 e. The van der Waals surface area contributed by atoms with Crippen LogP contribution in [0.3, 0.4) is 0 Å². The van der Waals surface area contributed by atoms with Crippen LogP contribution in [0.5, 0.6) is 17.2 Å². The molecule has 32 heavy (non-hydrogen) atoms. The van der Waals surface area contributed by atoms with Gasteiger partial charge in [0.15, 0.2) is 11.5 Å². The quantitative estimate of drug-likeness (QED) is 0.579. The van der Waals surface area contributed by atoms with Crippen LogP contribution in [0.15, 0.2) is 48.5 Å². The third kappa shape index (κ3) is 4.06. The second kappa shape index (κ2) is 8.78. The molecule has 1 heterocycles. The molecule has 1 saturated heterocycles. The zero-order valence-electron chi connectivity index (χ0n) is 18.6. The van der Waals surface area contributed by atoms with Crippen molar-refractivity contribution in [3.63, 3.8) is 0 Å². The average Bonchev–Trinajstić information content (AvgIpc) is 3.63. The summed E-state index contributed by atoms with van der Waals surface area (Å²) in [5.41, 5.74) is 2.88. The smallest absolute Gasteiger partial charge is 0.244 e. The highest BCUT2D eigenvalue weighted by Crippen LogP contribution is 2.41. The number of carbonyl (C=O) groups excluding carboxylic acids is 2. The van der Waals surface area contributed by atoms with Gasteiger partial charge in [-0.2, -0.15) is 0 Å². The molecule has 1 atom stereocenters. The van der Waals surface area contributed by atoms with Gasteiger partial charge in [-0.3, -0.25) is 9.59 Å². The molecule has 1 fully saturated rings. The minimum absolute atomic E-state index is 0.0352. The Morgan fingerprint density at radius 2 is 1.56 bits per heavy atom. The Kier molecular flexibility index (Phi) is 5.90. The van der Waals surface area contributed by atoms with Crippen molar-refractivity contribution in [1.82, 2.24) is 10.2 Å². The zero-order valence-corrected chi connectivity index (χ0v) is 18.6. The minimum atomic E-state index is -0.325. The fourth-order valence-corrected chi connectivity index (χ4v) is 3.91. The molecule has 2 amide bonds. The molecule has 1 N–H and O–H groups in total. The van der Waals surface area contributed by atoms with Crippen LogP contribution in [-0.4, -0.2) is 57.7 Å². The third-order valence-electron chi connectivity index (χ3n) is 5.74. The Hall–Kier alpha value is -3.74. The number of nitrogens with one attached hydrogen (secondary N) is 1. The van der Waals surface area contributed by atoms with E-state index in [-0.39, 0.29) is 24.3 Å². The molecule has 7 heteroatoms. The molecule has 4 rings (SSSR count). The van der Waals surface area contributed by atoms with Gasteiger partial charge in [-0.15, -0.1) is 0 Å². The Morgan fingerprint density at radius 3 is 2.19 bits per heavy atom. The van der Waals surface area contributed by atoms with Gasteiger partial charge in [0.1, 0.15) is 6.04 Å². The molecule has 7 nitrogen and oxygen atoms in total. The SMILES string of the molecule is CNC(=O)C1CN1C(=O)Cc1ccc2cc(-c3cc(OC)c(OC)c(OC)c3)ccc2c1. The summed E-state index contributed by atoms with van der Waals surface area (Å²) in [6.07, 6.45) is 0.276. The first kappa shape index (κ1) is 21.5. The van der Waals surface area contributed by atoms with E-state index in [2.05, 4.69) is 11.4 Å². The molecule has 1 aliphatic rings. The lowest BCUT2D eigenvalue weighted by Gasteiger charge is -2.14. The first-order valence-corrected chi connectivity index (χ1v) is 10.3. The van der Waals surface area contributed by atoms with E-state index in [4.69, 9.17) is 14.2 Å². The van der Waals surface area contributed by atoms with Crippen LogP contribution in [0.4, 0.5) is 0 Å². The number of ether oxygens (including phenoxy) is 3. The Bertz CT molecular complexity index is 1170. The van der Waals surface area contributed by atoms with Crippen molar-refractivity contribution in [2.45, 2.75) is 12.5 Å². The zero-order chi connectivity index (χ0) is 22.8. The maximum Gasteiger partial charge on any atom is 0.244 e. The Morgan fingerprint density at radius 1 is 0.906 bits per heavy atom. The van der Waals surface area contributed by atoms with Crippen LogP contribution in [0.25, 0.3) is 21.9 Å². The lowest BCUT2D eigenvalue weighted by Crippen LogP contribution is -2.28. The lowest BCUT2D eigenvalue weighted by molar-refractivity contribution is -0.129. The van der Waals surface area contributed by atoms with Gasteiger partial charge in [-0.25, -0.2) is 0 Å². The molecular weight excluding hydrogens is 408 g/mol. The van der Waals surface area contributed by atoms with Crippen LogP contribution in [0, 0.1) is 0 Å². The van der Waals surface area contributed by atoms with E-state index < -0.39 is 0 Å². The summed E-state index contributed by atoms with van der Waals surface area (Å²) >= 11 is 0. The number of fused-ring (bicyclic) bond motifs is 1. The monoisotopic (exact) mass is 434 g/mol. The average molecular weight is 434 g/mol. The highest BCUT2D eigenvalue weighted by Gasteiger charge is 2.43. The second-order valence-corrected chi connectivity index (χ2v) is 7.66. The highest BCUT2D eigenvalue weighted by molar-refractivity contribution is 5.94. The number of methoxy groups -OCH3 is 3. The van der Waals surface area contributed by atoms with E-state index in [0.717, 1.165) is 27.5 Å². The first-order chi connectivity index (χ1) is 15.5. The fraction of sp³-hybridized carbons (Fsp3) is 0.280. The molecule has 0 radical (unpaired) electrons. The molecule has 3 aromatic rings. The van der Waals surface area contributed by atoms with Crippen molar-refractivity contribution in [2.75, 3.05) is 34.9 Å². The highest BCUT2D eigenvalue weighted by atomic mass is 16.5. The molecule has 1 aliphatic heterocycles. The Balaban J connectivity index is 1.57. The van der Waals surface area contributed by atoms with Gasteiger partial charge >= 0.3 is 0 Å². The van der Waals surface area contributed by atoms with E-state index in [0.29, 0.717) is 23.8 Å². The molecule has 1 unspecified atom stereocenters. The number of benzene rings is 3. The van der Waals surface area contributed by atoms with Gasteiger partial charge in [0, 0.05) is 7.05 Å². The predicted octanol–water partition coefficient (Wildman–Crippen LogP) is 3.03. The topological polar surface area (TPSA) is 76.9 Å². The number of rotatable bonds is 7. The van der Waals surface area contributed by atoms with Crippen LogP contribution in [-0.2, 0) is 16.0 Å². The summed E-state index contributed by atoms with van der Waals surface area (Å²) in [5.74, 6) is 1.60. The van der Waals surface area contributed by atoms with Crippen molar-refractivity contribution in [3.05, 3.63) is 54.1 Å². The molecule has 0 aromatic heterocycles. The van der Waals surface area contributed by atoms with Crippen LogP contribution in [0.2, 0.25) is 0 Å². The number of hydrogen-bond donors (Lipinski definition) is 1. The van der Waals surface area contributed by atoms with Crippen molar-refractivity contribution >= 4 is 22.6 Å².